The van der Waals surface area contributed by atoms with Gasteiger partial charge in [-0.1, -0.05) is 19.0 Å². The highest BCUT2D eigenvalue weighted by Crippen LogP contribution is 2.36. The number of carbonyl (C=O) groups excluding carboxylic acids is 1. The summed E-state index contributed by atoms with van der Waals surface area (Å²) in [6, 6.07) is 1.94. The number of hydrogen-bond donors (Lipinski definition) is 1. The lowest BCUT2D eigenvalue weighted by Gasteiger charge is -2.17. The zero-order valence-corrected chi connectivity index (χ0v) is 10.0. The van der Waals surface area contributed by atoms with E-state index in [1.807, 2.05) is 0 Å². The Morgan fingerprint density at radius 3 is 2.88 bits per heavy atom. The standard InChI is InChI=1S/C12H18N2O2/c1-8-6-10(14-16-8)11(15)13-9-4-5-12(2,3)7-9/h6,9H,4-5,7H2,1-3H3,(H,13,15). The maximum absolute atomic E-state index is 11.8. The molecule has 16 heavy (non-hydrogen) atoms. The van der Waals surface area contributed by atoms with E-state index >= 15 is 0 Å². The summed E-state index contributed by atoms with van der Waals surface area (Å²) in [5.74, 6) is 0.538. The highest BCUT2D eigenvalue weighted by Gasteiger charge is 2.32. The number of aryl methyl sites for hydroxylation is 1. The molecule has 4 heteroatoms. The zero-order valence-electron chi connectivity index (χ0n) is 10.0. The van der Waals surface area contributed by atoms with Gasteiger partial charge in [0.15, 0.2) is 5.69 Å². The third kappa shape index (κ3) is 2.43. The minimum absolute atomic E-state index is 0.125. The molecule has 1 amide bonds. The Bertz CT molecular complexity index is 395. The molecule has 0 saturated heterocycles. The third-order valence-corrected chi connectivity index (χ3v) is 3.16. The van der Waals surface area contributed by atoms with Crippen LogP contribution in [0.4, 0.5) is 0 Å². The topological polar surface area (TPSA) is 55.1 Å². The van der Waals surface area contributed by atoms with Crippen LogP contribution in [0.25, 0.3) is 0 Å². The van der Waals surface area contributed by atoms with Crippen molar-refractivity contribution in [2.24, 2.45) is 5.41 Å². The lowest BCUT2D eigenvalue weighted by molar-refractivity contribution is 0.0927. The van der Waals surface area contributed by atoms with Crippen LogP contribution in [-0.4, -0.2) is 17.1 Å². The third-order valence-electron chi connectivity index (χ3n) is 3.16. The quantitative estimate of drug-likeness (QED) is 0.835. The van der Waals surface area contributed by atoms with Gasteiger partial charge in [0.2, 0.25) is 0 Å². The molecule has 0 aromatic carbocycles. The summed E-state index contributed by atoms with van der Waals surface area (Å²) in [5.41, 5.74) is 0.722. The molecule has 0 aliphatic heterocycles. The van der Waals surface area contributed by atoms with Crippen molar-refractivity contribution in [1.82, 2.24) is 10.5 Å². The van der Waals surface area contributed by atoms with Gasteiger partial charge in [0.05, 0.1) is 0 Å². The van der Waals surface area contributed by atoms with Crippen molar-refractivity contribution in [2.75, 3.05) is 0 Å². The van der Waals surface area contributed by atoms with Crippen LogP contribution in [0.3, 0.4) is 0 Å². The molecule has 1 aromatic heterocycles. The minimum Gasteiger partial charge on any atom is -0.361 e. The first-order valence-electron chi connectivity index (χ1n) is 5.70. The van der Waals surface area contributed by atoms with E-state index in [9.17, 15) is 4.79 Å². The van der Waals surface area contributed by atoms with Crippen molar-refractivity contribution in [2.45, 2.75) is 46.1 Å². The van der Waals surface area contributed by atoms with Crippen molar-refractivity contribution in [1.29, 1.82) is 0 Å². The average molecular weight is 222 g/mol. The monoisotopic (exact) mass is 222 g/mol. The van der Waals surface area contributed by atoms with Gasteiger partial charge in [-0.2, -0.15) is 0 Å². The normalized spacial score (nSPS) is 23.3. The Kier molecular flexibility index (Phi) is 2.74. The fourth-order valence-electron chi connectivity index (χ4n) is 2.29. The number of nitrogens with zero attached hydrogens (tertiary/aromatic N) is 1. The van der Waals surface area contributed by atoms with Crippen molar-refractivity contribution in [3.8, 4) is 0 Å². The fourth-order valence-corrected chi connectivity index (χ4v) is 2.29. The summed E-state index contributed by atoms with van der Waals surface area (Å²) in [6.07, 6.45) is 3.25. The van der Waals surface area contributed by atoms with Gasteiger partial charge < -0.3 is 9.84 Å². The number of amides is 1. The first-order valence-corrected chi connectivity index (χ1v) is 5.70. The van der Waals surface area contributed by atoms with Gasteiger partial charge in [0, 0.05) is 12.1 Å². The first-order chi connectivity index (χ1) is 7.46. The highest BCUT2D eigenvalue weighted by molar-refractivity contribution is 5.92. The largest absolute Gasteiger partial charge is 0.361 e. The van der Waals surface area contributed by atoms with E-state index in [0.717, 1.165) is 19.3 Å². The van der Waals surface area contributed by atoms with E-state index in [1.165, 1.54) is 0 Å². The van der Waals surface area contributed by atoms with Gasteiger partial charge in [0.1, 0.15) is 5.76 Å². The minimum atomic E-state index is -0.125. The molecule has 1 aliphatic rings. The Morgan fingerprint density at radius 1 is 1.62 bits per heavy atom. The van der Waals surface area contributed by atoms with Crippen LogP contribution in [0, 0.1) is 12.3 Å². The number of rotatable bonds is 2. The van der Waals surface area contributed by atoms with Gasteiger partial charge in [-0.15, -0.1) is 0 Å². The molecule has 1 saturated carbocycles. The van der Waals surface area contributed by atoms with E-state index < -0.39 is 0 Å². The molecule has 1 heterocycles. The molecule has 4 nitrogen and oxygen atoms in total. The zero-order chi connectivity index (χ0) is 11.8. The van der Waals surface area contributed by atoms with E-state index in [4.69, 9.17) is 4.52 Å². The molecule has 88 valence electrons. The van der Waals surface area contributed by atoms with E-state index in [0.29, 0.717) is 16.9 Å². The van der Waals surface area contributed by atoms with Gasteiger partial charge in [-0.3, -0.25) is 4.79 Å². The lowest BCUT2D eigenvalue weighted by Crippen LogP contribution is -2.33. The second-order valence-corrected chi connectivity index (χ2v) is 5.40. The molecule has 1 fully saturated rings. The predicted octanol–water partition coefficient (Wildman–Crippen LogP) is 2.29. The van der Waals surface area contributed by atoms with E-state index in [-0.39, 0.29) is 11.9 Å². The Morgan fingerprint density at radius 2 is 2.38 bits per heavy atom. The van der Waals surface area contributed by atoms with Crippen molar-refractivity contribution in [3.05, 3.63) is 17.5 Å². The van der Waals surface area contributed by atoms with Crippen LogP contribution < -0.4 is 5.32 Å². The molecule has 1 aromatic rings. The first kappa shape index (κ1) is 11.2. The highest BCUT2D eigenvalue weighted by atomic mass is 16.5. The number of nitrogens with one attached hydrogen (secondary N) is 1. The van der Waals surface area contributed by atoms with Crippen LogP contribution in [0.5, 0.6) is 0 Å². The number of aromatic nitrogens is 1. The smallest absolute Gasteiger partial charge is 0.273 e. The maximum atomic E-state index is 11.8. The SMILES string of the molecule is Cc1cc(C(=O)NC2CCC(C)(C)C2)no1. The number of hydrogen-bond acceptors (Lipinski definition) is 3. The predicted molar refractivity (Wildman–Crippen MR) is 60.1 cm³/mol. The molecule has 1 N–H and O–H groups in total. The van der Waals surface area contributed by atoms with E-state index in [1.54, 1.807) is 13.0 Å². The Labute approximate surface area is 95.4 Å². The molecule has 0 spiro atoms. The number of carbonyl (C=O) groups is 1. The summed E-state index contributed by atoms with van der Waals surface area (Å²) in [7, 11) is 0. The Balaban J connectivity index is 1.94. The van der Waals surface area contributed by atoms with Gasteiger partial charge >= 0.3 is 0 Å². The fraction of sp³-hybridized carbons (Fsp3) is 0.667. The molecule has 1 unspecified atom stereocenters. The van der Waals surface area contributed by atoms with Gasteiger partial charge in [-0.05, 0) is 31.6 Å². The van der Waals surface area contributed by atoms with Gasteiger partial charge in [-0.25, -0.2) is 0 Å². The second-order valence-electron chi connectivity index (χ2n) is 5.40. The average Bonchev–Trinajstić information content (AvgIpc) is 2.73. The van der Waals surface area contributed by atoms with Crippen LogP contribution in [0.1, 0.15) is 49.4 Å². The van der Waals surface area contributed by atoms with Gasteiger partial charge in [0.25, 0.3) is 5.91 Å². The summed E-state index contributed by atoms with van der Waals surface area (Å²) in [5, 5.41) is 6.71. The summed E-state index contributed by atoms with van der Waals surface area (Å²) in [4.78, 5) is 11.8. The van der Waals surface area contributed by atoms with Crippen LogP contribution in [0.15, 0.2) is 10.6 Å². The van der Waals surface area contributed by atoms with Crippen molar-refractivity contribution in [3.63, 3.8) is 0 Å². The molecule has 1 aliphatic carbocycles. The van der Waals surface area contributed by atoms with Crippen molar-refractivity contribution < 1.29 is 9.32 Å². The summed E-state index contributed by atoms with van der Waals surface area (Å²) >= 11 is 0. The molecule has 0 bridgehead atoms. The molecule has 1 atom stereocenters. The Hall–Kier alpha value is -1.32. The summed E-state index contributed by atoms with van der Waals surface area (Å²) < 4.78 is 4.88. The second kappa shape index (κ2) is 3.92. The van der Waals surface area contributed by atoms with Crippen molar-refractivity contribution >= 4 is 5.91 Å². The van der Waals surface area contributed by atoms with Crippen LogP contribution in [0.2, 0.25) is 0 Å². The van der Waals surface area contributed by atoms with Crippen LogP contribution in [-0.2, 0) is 0 Å². The van der Waals surface area contributed by atoms with E-state index in [2.05, 4.69) is 24.3 Å². The molecular formula is C12H18N2O2. The lowest BCUT2D eigenvalue weighted by atomic mass is 9.92. The maximum Gasteiger partial charge on any atom is 0.273 e. The molecule has 2 rings (SSSR count). The molecule has 0 radical (unpaired) electrons. The van der Waals surface area contributed by atoms with Crippen LogP contribution >= 0.6 is 0 Å². The molecular weight excluding hydrogens is 204 g/mol. The summed E-state index contributed by atoms with van der Waals surface area (Å²) in [6.45, 7) is 6.25.